The van der Waals surface area contributed by atoms with Gasteiger partial charge in [0.1, 0.15) is 0 Å². The monoisotopic (exact) mass is 254 g/mol. The number of hydrogen-bond donors (Lipinski definition) is 0. The van der Waals surface area contributed by atoms with E-state index in [0.717, 1.165) is 19.3 Å². The van der Waals surface area contributed by atoms with Crippen molar-refractivity contribution in [2.75, 3.05) is 0 Å². The number of nitrogens with zero attached hydrogens (tertiary/aromatic N) is 2. The summed E-state index contributed by atoms with van der Waals surface area (Å²) in [5, 5.41) is 3.95. The SMILES string of the molecule is O=Cc1cnn(C2CCC2)c1S(=O)(=O)C1CC1. The number of aldehydes is 1. The summed E-state index contributed by atoms with van der Waals surface area (Å²) in [5.74, 6) is 0. The number of sulfone groups is 1. The van der Waals surface area contributed by atoms with Crippen LogP contribution in [0.4, 0.5) is 0 Å². The van der Waals surface area contributed by atoms with Gasteiger partial charge < -0.3 is 0 Å². The average Bonchev–Trinajstić information content (AvgIpc) is 2.98. The molecule has 1 aromatic rings. The van der Waals surface area contributed by atoms with E-state index in [0.29, 0.717) is 19.1 Å². The molecule has 0 aliphatic heterocycles. The van der Waals surface area contributed by atoms with Crippen LogP contribution < -0.4 is 0 Å². The Morgan fingerprint density at radius 2 is 2.00 bits per heavy atom. The van der Waals surface area contributed by atoms with Gasteiger partial charge >= 0.3 is 0 Å². The van der Waals surface area contributed by atoms with Gasteiger partial charge in [-0.05, 0) is 32.1 Å². The van der Waals surface area contributed by atoms with Crippen LogP contribution >= 0.6 is 0 Å². The molecule has 0 unspecified atom stereocenters. The lowest BCUT2D eigenvalue weighted by Crippen LogP contribution is -2.24. The van der Waals surface area contributed by atoms with Crippen LogP contribution in [0.1, 0.15) is 48.5 Å². The fourth-order valence-electron chi connectivity index (χ4n) is 2.17. The highest BCUT2D eigenvalue weighted by Gasteiger charge is 2.41. The van der Waals surface area contributed by atoms with Crippen molar-refractivity contribution in [2.45, 2.75) is 48.4 Å². The van der Waals surface area contributed by atoms with E-state index in [4.69, 9.17) is 0 Å². The predicted molar refractivity (Wildman–Crippen MR) is 60.7 cm³/mol. The summed E-state index contributed by atoms with van der Waals surface area (Å²) in [6.45, 7) is 0. The zero-order chi connectivity index (χ0) is 12.0. The second-order valence-electron chi connectivity index (χ2n) is 4.80. The molecular weight excluding hydrogens is 240 g/mol. The first-order valence-corrected chi connectivity index (χ1v) is 7.46. The maximum Gasteiger partial charge on any atom is 0.198 e. The predicted octanol–water partition coefficient (Wildman–Crippen LogP) is 1.36. The minimum absolute atomic E-state index is 0.153. The fraction of sp³-hybridized carbons (Fsp3) is 0.636. The van der Waals surface area contributed by atoms with E-state index < -0.39 is 9.84 Å². The molecule has 6 heteroatoms. The molecular formula is C11H14N2O3S. The van der Waals surface area contributed by atoms with Gasteiger partial charge in [-0.1, -0.05) is 0 Å². The Morgan fingerprint density at radius 3 is 2.47 bits per heavy atom. The third-order valence-electron chi connectivity index (χ3n) is 3.56. The first-order chi connectivity index (χ1) is 8.14. The summed E-state index contributed by atoms with van der Waals surface area (Å²) >= 11 is 0. The minimum atomic E-state index is -3.35. The zero-order valence-electron chi connectivity index (χ0n) is 9.37. The van der Waals surface area contributed by atoms with Crippen molar-refractivity contribution in [1.29, 1.82) is 0 Å². The Kier molecular flexibility index (Phi) is 2.36. The Balaban J connectivity index is 2.11. The Bertz CT molecular complexity index is 553. The van der Waals surface area contributed by atoms with Crippen LogP contribution in [-0.2, 0) is 9.84 Å². The quantitative estimate of drug-likeness (QED) is 0.761. The summed E-state index contributed by atoms with van der Waals surface area (Å²) in [5.41, 5.74) is 0.212. The van der Waals surface area contributed by atoms with Crippen LogP contribution in [0.5, 0.6) is 0 Å². The van der Waals surface area contributed by atoms with Crippen molar-refractivity contribution in [2.24, 2.45) is 0 Å². The maximum atomic E-state index is 12.3. The molecule has 2 aliphatic carbocycles. The van der Waals surface area contributed by atoms with Gasteiger partial charge in [0.2, 0.25) is 0 Å². The highest BCUT2D eigenvalue weighted by molar-refractivity contribution is 7.92. The summed E-state index contributed by atoms with van der Waals surface area (Å²) in [6.07, 6.45) is 6.38. The van der Waals surface area contributed by atoms with Gasteiger partial charge in [-0.3, -0.25) is 9.48 Å². The number of carbonyl (C=O) groups is 1. The van der Waals surface area contributed by atoms with Crippen LogP contribution in [0, 0.1) is 0 Å². The number of aromatic nitrogens is 2. The number of carbonyl (C=O) groups excluding carboxylic acids is 1. The van der Waals surface area contributed by atoms with E-state index in [1.165, 1.54) is 6.20 Å². The second kappa shape index (κ2) is 3.66. The molecule has 5 nitrogen and oxygen atoms in total. The third-order valence-corrected chi connectivity index (χ3v) is 5.87. The summed E-state index contributed by atoms with van der Waals surface area (Å²) in [6, 6.07) is 0.159. The van der Waals surface area contributed by atoms with Crippen LogP contribution in [0.3, 0.4) is 0 Å². The van der Waals surface area contributed by atoms with Crippen LogP contribution in [-0.4, -0.2) is 29.7 Å². The molecule has 2 aliphatic rings. The van der Waals surface area contributed by atoms with Gasteiger partial charge in [0.25, 0.3) is 0 Å². The fourth-order valence-corrected chi connectivity index (χ4v) is 4.13. The van der Waals surface area contributed by atoms with Crippen molar-refractivity contribution in [3.05, 3.63) is 11.8 Å². The Morgan fingerprint density at radius 1 is 1.29 bits per heavy atom. The molecule has 3 rings (SSSR count). The molecule has 1 heterocycles. The third kappa shape index (κ3) is 1.62. The molecule has 92 valence electrons. The summed E-state index contributed by atoms with van der Waals surface area (Å²) in [7, 11) is -3.35. The molecule has 2 saturated carbocycles. The van der Waals surface area contributed by atoms with Gasteiger partial charge in [-0.25, -0.2) is 8.42 Å². The van der Waals surface area contributed by atoms with Crippen molar-refractivity contribution in [3.8, 4) is 0 Å². The van der Waals surface area contributed by atoms with E-state index in [9.17, 15) is 13.2 Å². The maximum absolute atomic E-state index is 12.3. The molecule has 17 heavy (non-hydrogen) atoms. The highest BCUT2D eigenvalue weighted by Crippen LogP contribution is 2.39. The first-order valence-electron chi connectivity index (χ1n) is 5.91. The first kappa shape index (κ1) is 11.0. The minimum Gasteiger partial charge on any atom is -0.298 e. The number of rotatable bonds is 4. The van der Waals surface area contributed by atoms with E-state index >= 15 is 0 Å². The van der Waals surface area contributed by atoms with Crippen LogP contribution in [0.15, 0.2) is 11.2 Å². The molecule has 0 bridgehead atoms. The molecule has 0 saturated heterocycles. The van der Waals surface area contributed by atoms with Crippen LogP contribution in [0.25, 0.3) is 0 Å². The van der Waals surface area contributed by atoms with Gasteiger partial charge in [-0.15, -0.1) is 0 Å². The Labute approximate surface area is 99.7 Å². The lowest BCUT2D eigenvalue weighted by Gasteiger charge is -2.27. The smallest absolute Gasteiger partial charge is 0.198 e. The molecule has 2 fully saturated rings. The zero-order valence-corrected chi connectivity index (χ0v) is 10.2. The highest BCUT2D eigenvalue weighted by atomic mass is 32.2. The molecule has 1 aromatic heterocycles. The molecule has 0 atom stereocenters. The normalized spacial score (nSPS) is 21.2. The van der Waals surface area contributed by atoms with Crippen molar-refractivity contribution < 1.29 is 13.2 Å². The largest absolute Gasteiger partial charge is 0.298 e. The molecule has 0 aromatic carbocycles. The lowest BCUT2D eigenvalue weighted by molar-refractivity contribution is 0.111. The van der Waals surface area contributed by atoms with Crippen LogP contribution in [0.2, 0.25) is 0 Å². The average molecular weight is 254 g/mol. The van der Waals surface area contributed by atoms with Gasteiger partial charge in [0.05, 0.1) is 23.1 Å². The number of hydrogen-bond acceptors (Lipinski definition) is 4. The summed E-state index contributed by atoms with van der Waals surface area (Å²) < 4.78 is 26.1. The summed E-state index contributed by atoms with van der Waals surface area (Å²) in [4.78, 5) is 10.9. The molecule has 0 radical (unpaired) electrons. The lowest BCUT2D eigenvalue weighted by atomic mass is 9.93. The van der Waals surface area contributed by atoms with Gasteiger partial charge in [-0.2, -0.15) is 5.10 Å². The van der Waals surface area contributed by atoms with E-state index in [1.807, 2.05) is 0 Å². The van der Waals surface area contributed by atoms with Crippen molar-refractivity contribution >= 4 is 16.1 Å². The standard InChI is InChI=1S/C11H14N2O3S/c14-7-8-6-12-13(9-2-1-3-9)11(8)17(15,16)10-4-5-10/h6-7,9-10H,1-5H2. The van der Waals surface area contributed by atoms with E-state index in [-0.39, 0.29) is 21.9 Å². The van der Waals surface area contributed by atoms with E-state index in [1.54, 1.807) is 4.68 Å². The Hall–Kier alpha value is -1.17. The van der Waals surface area contributed by atoms with Gasteiger partial charge in [0, 0.05) is 0 Å². The van der Waals surface area contributed by atoms with E-state index in [2.05, 4.69) is 5.10 Å². The molecule has 0 spiro atoms. The van der Waals surface area contributed by atoms with Crippen molar-refractivity contribution in [1.82, 2.24) is 9.78 Å². The molecule has 0 amide bonds. The second-order valence-corrected chi connectivity index (χ2v) is 6.94. The topological polar surface area (TPSA) is 69.0 Å². The van der Waals surface area contributed by atoms with Crippen molar-refractivity contribution in [3.63, 3.8) is 0 Å². The molecule has 0 N–H and O–H groups in total. The van der Waals surface area contributed by atoms with Gasteiger partial charge in [0.15, 0.2) is 21.1 Å².